The number of fused-ring (bicyclic) bond motifs is 1. The predicted molar refractivity (Wildman–Crippen MR) is 116 cm³/mol. The molecule has 1 aliphatic rings. The minimum Gasteiger partial charge on any atom is -0.332 e. The summed E-state index contributed by atoms with van der Waals surface area (Å²) in [5.41, 5.74) is 4.56. The number of carbonyl (C=O) groups excluding carboxylic acids is 1. The van der Waals surface area contributed by atoms with Crippen LogP contribution in [0.25, 0.3) is 22.4 Å². The maximum Gasteiger partial charge on any atom is 0.254 e. The van der Waals surface area contributed by atoms with Crippen LogP contribution in [0.5, 0.6) is 0 Å². The van der Waals surface area contributed by atoms with Crippen molar-refractivity contribution in [1.82, 2.24) is 24.5 Å². The number of halogens is 3. The van der Waals surface area contributed by atoms with Gasteiger partial charge in [-0.1, -0.05) is 12.1 Å². The molecule has 1 aliphatic heterocycles. The molecule has 168 valence electrons. The van der Waals surface area contributed by atoms with Crippen molar-refractivity contribution in [3.63, 3.8) is 0 Å². The highest BCUT2D eigenvalue weighted by Crippen LogP contribution is 2.32. The van der Waals surface area contributed by atoms with Crippen molar-refractivity contribution in [2.24, 2.45) is 14.1 Å². The van der Waals surface area contributed by atoms with Crippen molar-refractivity contribution in [2.75, 3.05) is 6.54 Å². The van der Waals surface area contributed by atoms with Gasteiger partial charge in [0.25, 0.3) is 5.91 Å². The van der Waals surface area contributed by atoms with Crippen molar-refractivity contribution in [3.8, 4) is 22.4 Å². The van der Waals surface area contributed by atoms with Gasteiger partial charge < -0.3 is 4.90 Å². The Kier molecular flexibility index (Phi) is 5.03. The first kappa shape index (κ1) is 21.0. The summed E-state index contributed by atoms with van der Waals surface area (Å²) in [6, 6.07) is 9.30. The van der Waals surface area contributed by atoms with Crippen LogP contribution in [0, 0.1) is 17.5 Å². The second-order valence-corrected chi connectivity index (χ2v) is 8.11. The first-order valence-corrected chi connectivity index (χ1v) is 10.4. The third kappa shape index (κ3) is 3.69. The van der Waals surface area contributed by atoms with Gasteiger partial charge in [-0.15, -0.1) is 0 Å². The lowest BCUT2D eigenvalue weighted by Gasteiger charge is -2.27. The number of carbonyl (C=O) groups is 1. The van der Waals surface area contributed by atoms with E-state index in [1.165, 1.54) is 4.68 Å². The second-order valence-electron chi connectivity index (χ2n) is 8.11. The Morgan fingerprint density at radius 3 is 2.45 bits per heavy atom. The molecule has 0 saturated heterocycles. The lowest BCUT2D eigenvalue weighted by atomic mass is 9.98. The topological polar surface area (TPSA) is 56.0 Å². The van der Waals surface area contributed by atoms with Gasteiger partial charge in [0.15, 0.2) is 17.5 Å². The highest BCUT2D eigenvalue weighted by Gasteiger charge is 2.28. The molecule has 0 unspecified atom stereocenters. The molecule has 9 heteroatoms. The van der Waals surface area contributed by atoms with E-state index in [2.05, 4.69) is 10.2 Å². The Bertz CT molecular complexity index is 1370. The molecule has 0 bridgehead atoms. The zero-order valence-corrected chi connectivity index (χ0v) is 18.0. The number of hydrogen-bond donors (Lipinski definition) is 0. The van der Waals surface area contributed by atoms with Crippen molar-refractivity contribution in [1.29, 1.82) is 0 Å². The van der Waals surface area contributed by atoms with Gasteiger partial charge in [-0.2, -0.15) is 10.2 Å². The molecular formula is C24H20F3N5O. The molecule has 0 atom stereocenters. The highest BCUT2D eigenvalue weighted by atomic mass is 19.2. The number of hydrogen-bond acceptors (Lipinski definition) is 3. The standard InChI is InChI=1S/C24H20F3N5O/c1-30-12-17(11-28-30)14-4-3-5-15(8-14)24(33)32-7-6-18-21(13-32)29-31(2)23(18)16-9-19(25)22(27)20(26)10-16/h3-5,8-12H,6-7,13H2,1-2H3. The molecule has 2 aromatic carbocycles. The van der Waals surface area contributed by atoms with Gasteiger partial charge in [-0.25, -0.2) is 13.2 Å². The Balaban J connectivity index is 1.43. The van der Waals surface area contributed by atoms with Gasteiger partial charge in [0.1, 0.15) is 0 Å². The summed E-state index contributed by atoms with van der Waals surface area (Å²) < 4.78 is 44.2. The van der Waals surface area contributed by atoms with Gasteiger partial charge in [0, 0.05) is 49.1 Å². The van der Waals surface area contributed by atoms with Crippen molar-refractivity contribution < 1.29 is 18.0 Å². The van der Waals surface area contributed by atoms with Gasteiger partial charge in [-0.3, -0.25) is 14.2 Å². The highest BCUT2D eigenvalue weighted by molar-refractivity contribution is 5.95. The Labute approximate surface area is 187 Å². The van der Waals surface area contributed by atoms with Crippen molar-refractivity contribution in [2.45, 2.75) is 13.0 Å². The molecule has 6 nitrogen and oxygen atoms in total. The monoisotopic (exact) mass is 451 g/mol. The normalized spacial score (nSPS) is 13.3. The summed E-state index contributed by atoms with van der Waals surface area (Å²) in [6.07, 6.45) is 4.09. The van der Waals surface area contributed by atoms with Gasteiger partial charge in [0.2, 0.25) is 0 Å². The summed E-state index contributed by atoms with van der Waals surface area (Å²) in [6.45, 7) is 0.694. The predicted octanol–water partition coefficient (Wildman–Crippen LogP) is 4.10. The number of aromatic nitrogens is 4. The first-order valence-electron chi connectivity index (χ1n) is 10.4. The molecule has 0 aliphatic carbocycles. The number of benzene rings is 2. The maximum atomic E-state index is 13.8. The van der Waals surface area contributed by atoms with Crippen molar-refractivity contribution >= 4 is 5.91 Å². The second kappa shape index (κ2) is 7.91. The molecule has 2 aromatic heterocycles. The fourth-order valence-corrected chi connectivity index (χ4v) is 4.33. The van der Waals surface area contributed by atoms with Gasteiger partial charge in [-0.05, 0) is 36.2 Å². The van der Waals surface area contributed by atoms with Crippen LogP contribution < -0.4 is 0 Å². The zero-order chi connectivity index (χ0) is 23.3. The van der Waals surface area contributed by atoms with Gasteiger partial charge in [0.05, 0.1) is 24.1 Å². The van der Waals surface area contributed by atoms with E-state index in [-0.39, 0.29) is 18.0 Å². The number of nitrogens with zero attached hydrogens (tertiary/aromatic N) is 5. The molecule has 0 radical (unpaired) electrons. The lowest BCUT2D eigenvalue weighted by Crippen LogP contribution is -2.36. The molecule has 33 heavy (non-hydrogen) atoms. The van der Waals surface area contributed by atoms with Crippen LogP contribution in [0.3, 0.4) is 0 Å². The third-order valence-electron chi connectivity index (χ3n) is 5.89. The quantitative estimate of drug-likeness (QED) is 0.441. The van der Waals surface area contributed by atoms with Crippen LogP contribution in [-0.2, 0) is 27.1 Å². The fourth-order valence-electron chi connectivity index (χ4n) is 4.33. The van der Waals surface area contributed by atoms with E-state index in [0.29, 0.717) is 29.9 Å². The van der Waals surface area contributed by atoms with Gasteiger partial charge >= 0.3 is 0 Å². The molecule has 1 amide bonds. The lowest BCUT2D eigenvalue weighted by molar-refractivity contribution is 0.0732. The molecule has 5 rings (SSSR count). The summed E-state index contributed by atoms with van der Waals surface area (Å²) in [5.74, 6) is -4.13. The van der Waals surface area contributed by atoms with E-state index in [9.17, 15) is 18.0 Å². The number of rotatable bonds is 3. The molecular weight excluding hydrogens is 431 g/mol. The van der Waals surface area contributed by atoms with E-state index < -0.39 is 17.5 Å². The van der Waals surface area contributed by atoms with E-state index >= 15 is 0 Å². The molecule has 0 fully saturated rings. The third-order valence-corrected chi connectivity index (χ3v) is 5.89. The zero-order valence-electron chi connectivity index (χ0n) is 18.0. The molecule has 3 heterocycles. The molecule has 0 saturated carbocycles. The van der Waals surface area contributed by atoms with Crippen LogP contribution in [0.2, 0.25) is 0 Å². The number of aryl methyl sites for hydroxylation is 2. The van der Waals surface area contributed by atoms with E-state index in [1.807, 2.05) is 31.4 Å². The summed E-state index contributed by atoms with van der Waals surface area (Å²) in [5, 5.41) is 8.65. The average molecular weight is 451 g/mol. The SMILES string of the molecule is Cn1cc(-c2cccc(C(=O)N3CCc4c(nn(C)c4-c4cc(F)c(F)c(F)c4)C3)c2)cn1. The van der Waals surface area contributed by atoms with E-state index in [1.54, 1.807) is 28.9 Å². The Hall–Kier alpha value is -3.88. The first-order chi connectivity index (χ1) is 15.8. The maximum absolute atomic E-state index is 13.8. The molecule has 4 aromatic rings. The van der Waals surface area contributed by atoms with Crippen LogP contribution in [0.4, 0.5) is 13.2 Å². The fraction of sp³-hybridized carbons (Fsp3) is 0.208. The average Bonchev–Trinajstić information content (AvgIpc) is 3.38. The largest absolute Gasteiger partial charge is 0.332 e. The Morgan fingerprint density at radius 1 is 1.00 bits per heavy atom. The van der Waals surface area contributed by atoms with Crippen molar-refractivity contribution in [3.05, 3.63) is 83.1 Å². The summed E-state index contributed by atoms with van der Waals surface area (Å²) in [4.78, 5) is 14.9. The summed E-state index contributed by atoms with van der Waals surface area (Å²) in [7, 11) is 3.50. The van der Waals surface area contributed by atoms with Crippen LogP contribution in [0.15, 0.2) is 48.8 Å². The number of amides is 1. The summed E-state index contributed by atoms with van der Waals surface area (Å²) >= 11 is 0. The van der Waals surface area contributed by atoms with E-state index in [4.69, 9.17) is 0 Å². The minimum atomic E-state index is -1.50. The van der Waals surface area contributed by atoms with Crippen LogP contribution in [-0.4, -0.2) is 36.9 Å². The molecule has 0 spiro atoms. The minimum absolute atomic E-state index is 0.127. The smallest absolute Gasteiger partial charge is 0.254 e. The molecule has 0 N–H and O–H groups in total. The van der Waals surface area contributed by atoms with E-state index in [0.717, 1.165) is 28.8 Å². The van der Waals surface area contributed by atoms with Crippen LogP contribution >= 0.6 is 0 Å². The van der Waals surface area contributed by atoms with Crippen LogP contribution in [0.1, 0.15) is 21.6 Å². The Morgan fingerprint density at radius 2 is 1.76 bits per heavy atom.